The molecule has 2 heterocycles. The summed E-state index contributed by atoms with van der Waals surface area (Å²) in [5.74, 6) is 0.530. The van der Waals surface area contributed by atoms with E-state index >= 15 is 0 Å². The van der Waals surface area contributed by atoms with Crippen molar-refractivity contribution in [1.82, 2.24) is 25.2 Å². The van der Waals surface area contributed by atoms with Crippen molar-refractivity contribution in [2.45, 2.75) is 32.9 Å². The summed E-state index contributed by atoms with van der Waals surface area (Å²) in [7, 11) is 0. The Kier molecular flexibility index (Phi) is 5.83. The molecule has 2 aromatic rings. The standard InChI is InChI=1S/C19H22F3N5O/c1-13-3-6-26(7-4-13)24-17(28)5-8-27-12-23-18(25-27)15-9-14(2)10-16(11-15)19(20,21)22/h5,8-13H,3-4,6-7H2,1-2H3,(H,24,28)/b8-5-. The lowest BCUT2D eigenvalue weighted by molar-refractivity contribution is -0.137. The third-order valence-electron chi connectivity index (χ3n) is 4.60. The summed E-state index contributed by atoms with van der Waals surface area (Å²) in [6, 6.07) is 3.68. The molecule has 0 unspecified atom stereocenters. The highest BCUT2D eigenvalue weighted by Gasteiger charge is 2.31. The smallest absolute Gasteiger partial charge is 0.285 e. The number of amides is 1. The number of piperidine rings is 1. The van der Waals surface area contributed by atoms with Crippen LogP contribution in [0.3, 0.4) is 0 Å². The molecule has 1 N–H and O–H groups in total. The summed E-state index contributed by atoms with van der Waals surface area (Å²) < 4.78 is 40.3. The molecule has 1 aliphatic rings. The van der Waals surface area contributed by atoms with E-state index in [2.05, 4.69) is 22.4 Å². The summed E-state index contributed by atoms with van der Waals surface area (Å²) >= 11 is 0. The van der Waals surface area contributed by atoms with Gasteiger partial charge in [-0.2, -0.15) is 13.2 Å². The van der Waals surface area contributed by atoms with Gasteiger partial charge in [-0.3, -0.25) is 10.2 Å². The van der Waals surface area contributed by atoms with Gasteiger partial charge >= 0.3 is 6.18 Å². The number of rotatable bonds is 4. The van der Waals surface area contributed by atoms with E-state index in [1.54, 1.807) is 13.0 Å². The van der Waals surface area contributed by atoms with Gasteiger partial charge in [-0.05, 0) is 49.4 Å². The lowest BCUT2D eigenvalue weighted by atomic mass is 10.0. The zero-order valence-electron chi connectivity index (χ0n) is 15.7. The Morgan fingerprint density at radius 1 is 1.25 bits per heavy atom. The van der Waals surface area contributed by atoms with Crippen molar-refractivity contribution >= 4 is 12.1 Å². The largest absolute Gasteiger partial charge is 0.416 e. The molecular weight excluding hydrogens is 371 g/mol. The second-order valence-corrected chi connectivity index (χ2v) is 7.10. The Morgan fingerprint density at radius 3 is 2.64 bits per heavy atom. The molecule has 6 nitrogen and oxygen atoms in total. The minimum Gasteiger partial charge on any atom is -0.285 e. The molecule has 0 bridgehead atoms. The van der Waals surface area contributed by atoms with Gasteiger partial charge in [-0.1, -0.05) is 6.92 Å². The Hall–Kier alpha value is -2.68. The van der Waals surface area contributed by atoms with E-state index in [-0.39, 0.29) is 17.3 Å². The van der Waals surface area contributed by atoms with Crippen molar-refractivity contribution in [3.63, 3.8) is 0 Å². The van der Waals surface area contributed by atoms with Crippen molar-refractivity contribution < 1.29 is 18.0 Å². The second-order valence-electron chi connectivity index (χ2n) is 7.10. The van der Waals surface area contributed by atoms with Crippen LogP contribution in [0.5, 0.6) is 0 Å². The van der Waals surface area contributed by atoms with Gasteiger partial charge in [0.1, 0.15) is 6.33 Å². The molecule has 0 atom stereocenters. The molecule has 3 rings (SSSR count). The predicted octanol–water partition coefficient (Wildman–Crippen LogP) is 3.51. The minimum absolute atomic E-state index is 0.157. The fourth-order valence-electron chi connectivity index (χ4n) is 3.01. The summed E-state index contributed by atoms with van der Waals surface area (Å²) in [5.41, 5.74) is 2.79. The molecule has 0 radical (unpaired) electrons. The van der Waals surface area contributed by atoms with Crippen LogP contribution in [-0.4, -0.2) is 38.8 Å². The van der Waals surface area contributed by atoms with Crippen LogP contribution in [0.4, 0.5) is 13.2 Å². The number of nitrogens with one attached hydrogen (secondary N) is 1. The van der Waals surface area contributed by atoms with E-state index in [4.69, 9.17) is 0 Å². The highest BCUT2D eigenvalue weighted by molar-refractivity contribution is 5.89. The molecule has 0 aliphatic carbocycles. The topological polar surface area (TPSA) is 63.1 Å². The molecule has 150 valence electrons. The highest BCUT2D eigenvalue weighted by Crippen LogP contribution is 2.32. The number of halogens is 3. The van der Waals surface area contributed by atoms with Crippen LogP contribution in [0.2, 0.25) is 0 Å². The molecule has 1 fully saturated rings. The molecular formula is C19H22F3N5O. The number of aromatic nitrogens is 3. The first kappa shape index (κ1) is 20.1. The maximum Gasteiger partial charge on any atom is 0.416 e. The van der Waals surface area contributed by atoms with Gasteiger partial charge in [0.05, 0.1) is 5.56 Å². The fraction of sp³-hybridized carbons (Fsp3) is 0.421. The Labute approximate surface area is 161 Å². The first-order valence-corrected chi connectivity index (χ1v) is 9.05. The quantitative estimate of drug-likeness (QED) is 0.808. The van der Waals surface area contributed by atoms with Crippen LogP contribution in [0.25, 0.3) is 17.6 Å². The van der Waals surface area contributed by atoms with Crippen LogP contribution in [-0.2, 0) is 11.0 Å². The van der Waals surface area contributed by atoms with Gasteiger partial charge < -0.3 is 0 Å². The molecule has 1 saturated heterocycles. The molecule has 1 aromatic carbocycles. The van der Waals surface area contributed by atoms with E-state index < -0.39 is 11.7 Å². The Morgan fingerprint density at radius 2 is 1.96 bits per heavy atom. The average Bonchev–Trinajstić information content (AvgIpc) is 3.10. The van der Waals surface area contributed by atoms with Gasteiger partial charge in [-0.15, -0.1) is 5.10 Å². The third kappa shape index (κ3) is 5.19. The van der Waals surface area contributed by atoms with Crippen molar-refractivity contribution in [2.24, 2.45) is 5.92 Å². The average molecular weight is 393 g/mol. The van der Waals surface area contributed by atoms with Crippen LogP contribution in [0.15, 0.2) is 30.6 Å². The van der Waals surface area contributed by atoms with Crippen molar-refractivity contribution in [3.8, 4) is 11.4 Å². The highest BCUT2D eigenvalue weighted by atomic mass is 19.4. The maximum absolute atomic E-state index is 13.0. The first-order chi connectivity index (χ1) is 13.2. The number of benzene rings is 1. The Bertz CT molecular complexity index is 867. The number of aryl methyl sites for hydroxylation is 1. The molecule has 9 heteroatoms. The van der Waals surface area contributed by atoms with E-state index in [0.717, 1.165) is 38.1 Å². The van der Waals surface area contributed by atoms with Crippen LogP contribution in [0.1, 0.15) is 30.9 Å². The number of alkyl halides is 3. The lowest BCUT2D eigenvalue weighted by Crippen LogP contribution is -2.45. The molecule has 1 aromatic heterocycles. The number of hydrogen-bond donors (Lipinski definition) is 1. The van der Waals surface area contributed by atoms with Crippen LogP contribution < -0.4 is 5.43 Å². The minimum atomic E-state index is -4.44. The summed E-state index contributed by atoms with van der Waals surface area (Å²) in [4.78, 5) is 16.1. The number of hydrogen-bond acceptors (Lipinski definition) is 4. The van der Waals surface area contributed by atoms with Gasteiger partial charge in [0.15, 0.2) is 5.82 Å². The number of nitrogens with zero attached hydrogens (tertiary/aromatic N) is 4. The lowest BCUT2D eigenvalue weighted by Gasteiger charge is -2.29. The normalized spacial score (nSPS) is 16.6. The van der Waals surface area contributed by atoms with E-state index in [1.165, 1.54) is 23.3 Å². The van der Waals surface area contributed by atoms with E-state index in [9.17, 15) is 18.0 Å². The predicted molar refractivity (Wildman–Crippen MR) is 98.6 cm³/mol. The van der Waals surface area contributed by atoms with E-state index in [1.807, 2.05) is 5.01 Å². The van der Waals surface area contributed by atoms with Crippen molar-refractivity contribution in [2.75, 3.05) is 13.1 Å². The fourth-order valence-corrected chi connectivity index (χ4v) is 3.01. The zero-order valence-corrected chi connectivity index (χ0v) is 15.7. The summed E-state index contributed by atoms with van der Waals surface area (Å²) in [5, 5.41) is 6.01. The molecule has 1 aliphatic heterocycles. The molecule has 1 amide bonds. The number of carbonyl (C=O) groups is 1. The van der Waals surface area contributed by atoms with Crippen LogP contribution >= 0.6 is 0 Å². The van der Waals surface area contributed by atoms with Crippen molar-refractivity contribution in [1.29, 1.82) is 0 Å². The van der Waals surface area contributed by atoms with E-state index in [0.29, 0.717) is 11.5 Å². The number of hydrazine groups is 1. The summed E-state index contributed by atoms with van der Waals surface area (Å²) in [6.07, 6.45) is 1.71. The zero-order chi connectivity index (χ0) is 20.3. The second kappa shape index (κ2) is 8.14. The monoisotopic (exact) mass is 393 g/mol. The van der Waals surface area contributed by atoms with Crippen LogP contribution in [0, 0.1) is 12.8 Å². The molecule has 28 heavy (non-hydrogen) atoms. The number of carbonyl (C=O) groups excluding carboxylic acids is 1. The molecule has 0 spiro atoms. The van der Waals surface area contributed by atoms with Gasteiger partial charge in [0.25, 0.3) is 5.91 Å². The maximum atomic E-state index is 13.0. The Balaban J connectivity index is 1.66. The van der Waals surface area contributed by atoms with Gasteiger partial charge in [0.2, 0.25) is 0 Å². The summed E-state index contributed by atoms with van der Waals surface area (Å²) in [6.45, 7) is 5.39. The first-order valence-electron chi connectivity index (χ1n) is 9.05. The molecule has 0 saturated carbocycles. The SMILES string of the molecule is Cc1cc(-c2ncn(/C=C\C(=O)NN3CCC(C)CC3)n2)cc(C(F)(F)F)c1. The van der Waals surface area contributed by atoms with Crippen molar-refractivity contribution in [3.05, 3.63) is 41.7 Å². The van der Waals surface area contributed by atoms with Gasteiger partial charge in [-0.25, -0.2) is 14.7 Å². The third-order valence-corrected chi connectivity index (χ3v) is 4.60. The van der Waals surface area contributed by atoms with Gasteiger partial charge in [0, 0.05) is 30.9 Å².